The van der Waals surface area contributed by atoms with Gasteiger partial charge in [0.25, 0.3) is 0 Å². The van der Waals surface area contributed by atoms with Gasteiger partial charge in [0.15, 0.2) is 6.71 Å². The predicted octanol–water partition coefficient (Wildman–Crippen LogP) is 2.11. The number of aromatic carboxylic acids is 1. The normalized spacial score (nSPS) is 14.7. The predicted molar refractivity (Wildman–Crippen MR) is 171 cm³/mol. The first-order valence-electron chi connectivity index (χ1n) is 13.6. The molecule has 205 valence electrons. The van der Waals surface area contributed by atoms with Gasteiger partial charge in [-0.15, -0.1) is 33.5 Å². The van der Waals surface area contributed by atoms with Crippen LogP contribution in [0.5, 0.6) is 0 Å². The summed E-state index contributed by atoms with van der Waals surface area (Å²) in [6, 6.07) is 35.8. The molecule has 2 aromatic heterocycles. The SMILES string of the molecule is C[Si]1(C)c2[c-]c(-c3ccccn3)cc3c2B(c2ccccc21)c1ccccc1[Si]3(C)C.O=C(O)c1ccccn1.[Ir]. The first kappa shape index (κ1) is 29.1. The molecule has 2 aliphatic rings. The van der Waals surface area contributed by atoms with Crippen molar-refractivity contribution in [1.29, 1.82) is 0 Å². The number of carboxylic acids is 1. The van der Waals surface area contributed by atoms with Gasteiger partial charge in [0.1, 0.15) is 5.69 Å². The van der Waals surface area contributed by atoms with Crippen molar-refractivity contribution in [2.75, 3.05) is 0 Å². The molecule has 0 fully saturated rings. The summed E-state index contributed by atoms with van der Waals surface area (Å²) >= 11 is 0. The van der Waals surface area contributed by atoms with E-state index in [0.29, 0.717) is 6.71 Å². The van der Waals surface area contributed by atoms with Crippen LogP contribution in [0.15, 0.2) is 103 Å². The Balaban J connectivity index is 0.000000291. The van der Waals surface area contributed by atoms with Crippen molar-refractivity contribution in [2.24, 2.45) is 0 Å². The van der Waals surface area contributed by atoms with E-state index in [1.54, 1.807) is 33.2 Å². The molecule has 0 atom stereocenters. The maximum atomic E-state index is 10.1. The Morgan fingerprint density at radius 3 is 1.83 bits per heavy atom. The van der Waals surface area contributed by atoms with Crippen LogP contribution in [0.4, 0.5) is 0 Å². The van der Waals surface area contributed by atoms with Crippen LogP contribution in [0.25, 0.3) is 11.3 Å². The minimum absolute atomic E-state index is 0. The molecular weight excluding hydrogens is 716 g/mol. The average molecular weight is 746 g/mol. The Kier molecular flexibility index (Phi) is 7.88. The van der Waals surface area contributed by atoms with Gasteiger partial charge in [0, 0.05) is 32.5 Å². The summed E-state index contributed by atoms with van der Waals surface area (Å²) in [7, 11) is -3.76. The number of hydrogen-bond donors (Lipinski definition) is 1. The Morgan fingerprint density at radius 2 is 1.29 bits per heavy atom. The van der Waals surface area contributed by atoms with Gasteiger partial charge in [-0.25, -0.2) is 9.78 Å². The van der Waals surface area contributed by atoms with Gasteiger partial charge in [0.2, 0.25) is 0 Å². The first-order chi connectivity index (χ1) is 19.2. The molecule has 0 spiro atoms. The average Bonchev–Trinajstić information content (AvgIpc) is 2.98. The third-order valence-corrected chi connectivity index (χ3v) is 15.4. The van der Waals surface area contributed by atoms with Crippen LogP contribution in [0.2, 0.25) is 26.2 Å². The number of nitrogens with zero attached hydrogens (tertiary/aromatic N) is 2. The maximum absolute atomic E-state index is 10.1. The third kappa shape index (κ3) is 4.89. The number of benzene rings is 3. The van der Waals surface area contributed by atoms with Gasteiger partial charge in [-0.3, -0.25) is 0 Å². The van der Waals surface area contributed by atoms with Crippen molar-refractivity contribution in [1.82, 2.24) is 9.97 Å². The molecule has 0 unspecified atom stereocenters. The fourth-order valence-corrected chi connectivity index (χ4v) is 12.9. The number of pyridine rings is 2. The number of hydrogen-bond acceptors (Lipinski definition) is 3. The first-order valence-corrected chi connectivity index (χ1v) is 19.6. The van der Waals surface area contributed by atoms with Crippen molar-refractivity contribution in [3.63, 3.8) is 0 Å². The summed E-state index contributed by atoms with van der Waals surface area (Å²) in [6.07, 6.45) is 3.34. The molecule has 0 saturated carbocycles. The Labute approximate surface area is 257 Å². The largest absolute Gasteiger partial charge is 0.477 e. The molecule has 4 nitrogen and oxygen atoms in total. The number of fused-ring (bicyclic) bond motifs is 4. The van der Waals surface area contributed by atoms with E-state index in [2.05, 4.69) is 104 Å². The van der Waals surface area contributed by atoms with Gasteiger partial charge in [0.05, 0.1) is 16.1 Å². The van der Waals surface area contributed by atoms with Crippen LogP contribution in [-0.4, -0.2) is 43.9 Å². The monoisotopic (exact) mass is 746 g/mol. The Hall–Kier alpha value is -3.42. The van der Waals surface area contributed by atoms with Gasteiger partial charge in [-0.05, 0) is 23.9 Å². The minimum Gasteiger partial charge on any atom is -0.477 e. The summed E-state index contributed by atoms with van der Waals surface area (Å²) < 4.78 is 0. The van der Waals surface area contributed by atoms with Crippen LogP contribution < -0.4 is 37.1 Å². The molecule has 3 aromatic carbocycles. The van der Waals surface area contributed by atoms with Crippen molar-refractivity contribution < 1.29 is 30.0 Å². The van der Waals surface area contributed by atoms with Gasteiger partial charge in [-0.2, -0.15) is 0 Å². The van der Waals surface area contributed by atoms with Gasteiger partial charge >= 0.3 is 5.97 Å². The minimum atomic E-state index is -1.90. The van der Waals surface area contributed by atoms with Gasteiger partial charge < -0.3 is 10.1 Å². The molecule has 41 heavy (non-hydrogen) atoms. The standard InChI is InChI=1S/C27H25BNSi2.C6H5NO2.Ir/c1-30(2)23-14-7-5-11-20(23)28-21-12-6-8-15-24(21)31(3,4)26-18-19(17-25(30)27(26)28)22-13-9-10-16-29-22;8-6(9)5-3-1-2-4-7-5;/h5-17H,1-4H3;1-4H,(H,8,9);/q-1;;. The van der Waals surface area contributed by atoms with E-state index in [9.17, 15) is 4.79 Å². The fourth-order valence-electron chi connectivity index (χ4n) is 6.45. The molecule has 0 bridgehead atoms. The van der Waals surface area contributed by atoms with E-state index in [-0.39, 0.29) is 25.8 Å². The smallest absolute Gasteiger partial charge is 0.354 e. The second kappa shape index (κ2) is 11.1. The van der Waals surface area contributed by atoms with Crippen molar-refractivity contribution >= 4 is 66.0 Å². The van der Waals surface area contributed by atoms with E-state index in [4.69, 9.17) is 10.1 Å². The number of rotatable bonds is 2. The quantitative estimate of drug-likeness (QED) is 0.223. The topological polar surface area (TPSA) is 63.1 Å². The zero-order valence-corrected chi connectivity index (χ0v) is 27.9. The van der Waals surface area contributed by atoms with E-state index < -0.39 is 22.1 Å². The van der Waals surface area contributed by atoms with Gasteiger partial charge in [-0.1, -0.05) is 114 Å². The van der Waals surface area contributed by atoms with Crippen molar-refractivity contribution in [3.8, 4) is 11.3 Å². The summed E-state index contributed by atoms with van der Waals surface area (Å²) in [4.78, 5) is 18.4. The van der Waals surface area contributed by atoms with E-state index in [1.807, 2.05) is 12.3 Å². The molecule has 4 heterocycles. The van der Waals surface area contributed by atoms with E-state index >= 15 is 0 Å². The summed E-state index contributed by atoms with van der Waals surface area (Å²) in [5, 5.41) is 14.5. The van der Waals surface area contributed by atoms with E-state index in [0.717, 1.165) is 11.3 Å². The fraction of sp³-hybridized carbons (Fsp3) is 0.121. The van der Waals surface area contributed by atoms with Crippen LogP contribution in [0.1, 0.15) is 10.5 Å². The molecule has 2 aliphatic heterocycles. The van der Waals surface area contributed by atoms with Crippen LogP contribution in [0, 0.1) is 6.07 Å². The van der Waals surface area contributed by atoms with Crippen LogP contribution in [-0.2, 0) is 20.1 Å². The molecule has 7 rings (SSSR count). The zero-order valence-electron chi connectivity index (χ0n) is 23.5. The Bertz CT molecular complexity index is 1670. The third-order valence-electron chi connectivity index (χ3n) is 8.41. The molecule has 0 saturated heterocycles. The van der Waals surface area contributed by atoms with Crippen LogP contribution in [0.3, 0.4) is 0 Å². The summed E-state index contributed by atoms with van der Waals surface area (Å²) in [6.45, 7) is 10.4. The van der Waals surface area contributed by atoms with Crippen LogP contribution >= 0.6 is 0 Å². The maximum Gasteiger partial charge on any atom is 0.354 e. The number of carboxylic acid groups (broad SMARTS) is 1. The molecular formula is C33H30BIrN2O2Si2-. The van der Waals surface area contributed by atoms with E-state index in [1.165, 1.54) is 28.4 Å². The summed E-state index contributed by atoms with van der Waals surface area (Å²) in [5.41, 5.74) is 6.88. The Morgan fingerprint density at radius 1 is 0.732 bits per heavy atom. The van der Waals surface area contributed by atoms with Crippen molar-refractivity contribution in [2.45, 2.75) is 26.2 Å². The zero-order chi connectivity index (χ0) is 28.1. The second-order valence-electron chi connectivity index (χ2n) is 11.5. The van der Waals surface area contributed by atoms with Crippen molar-refractivity contribution in [3.05, 3.63) is 115 Å². The molecule has 1 radical (unpaired) electrons. The second-order valence-corrected chi connectivity index (χ2v) is 20.1. The molecule has 0 amide bonds. The molecule has 8 heteroatoms. The molecule has 1 N–H and O–H groups in total. The molecule has 5 aromatic rings. The number of carbonyl (C=O) groups is 1. The number of aromatic nitrogens is 2. The summed E-state index contributed by atoms with van der Waals surface area (Å²) in [5.74, 6) is -0.990. The molecule has 0 aliphatic carbocycles.